The molecule has 1 fully saturated rings. The molecule has 0 saturated carbocycles. The molecule has 2 aromatic carbocycles. The third-order valence-electron chi connectivity index (χ3n) is 5.97. The number of nitrogens with zero attached hydrogens (tertiary/aromatic N) is 2. The summed E-state index contributed by atoms with van der Waals surface area (Å²) in [6, 6.07) is 20.6. The van der Waals surface area contributed by atoms with Gasteiger partial charge in [-0.3, -0.25) is 9.78 Å². The van der Waals surface area contributed by atoms with E-state index in [4.69, 9.17) is 0 Å². The smallest absolute Gasteiger partial charge is 0.231 e. The van der Waals surface area contributed by atoms with Crippen LogP contribution in [-0.4, -0.2) is 35.4 Å². The van der Waals surface area contributed by atoms with E-state index in [1.54, 1.807) is 6.20 Å². The van der Waals surface area contributed by atoms with Crippen LogP contribution in [0.3, 0.4) is 0 Å². The Bertz CT molecular complexity index is 970. The third kappa shape index (κ3) is 4.48. The van der Waals surface area contributed by atoms with Crippen molar-refractivity contribution in [3.8, 4) is 0 Å². The molecule has 0 bridgehead atoms. The first-order valence-corrected chi connectivity index (χ1v) is 10.5. The maximum absolute atomic E-state index is 13.1. The van der Waals surface area contributed by atoms with Gasteiger partial charge >= 0.3 is 0 Å². The van der Waals surface area contributed by atoms with Crippen LogP contribution in [0.15, 0.2) is 66.9 Å². The maximum atomic E-state index is 13.1. The topological polar surface area (TPSA) is 45.2 Å². The number of nitrogens with one attached hydrogen (secondary N) is 1. The highest BCUT2D eigenvalue weighted by Crippen LogP contribution is 2.30. The zero-order chi connectivity index (χ0) is 20.3. The summed E-state index contributed by atoms with van der Waals surface area (Å²) in [7, 11) is 0. The van der Waals surface area contributed by atoms with Gasteiger partial charge in [-0.15, -0.1) is 0 Å². The van der Waals surface area contributed by atoms with Gasteiger partial charge in [0, 0.05) is 18.1 Å². The van der Waals surface area contributed by atoms with Gasteiger partial charge in [0.05, 0.1) is 16.6 Å². The summed E-state index contributed by atoms with van der Waals surface area (Å²) in [5.41, 5.74) is 2.58. The molecule has 4 nitrogen and oxygen atoms in total. The first kappa shape index (κ1) is 19.6. The first-order chi connectivity index (χ1) is 14.0. The predicted molar refractivity (Wildman–Crippen MR) is 119 cm³/mol. The van der Waals surface area contributed by atoms with Crippen molar-refractivity contribution < 1.29 is 4.79 Å². The Hall–Kier alpha value is -2.72. The van der Waals surface area contributed by atoms with Crippen LogP contribution in [0.25, 0.3) is 10.9 Å². The minimum absolute atomic E-state index is 0.0424. The Kier molecular flexibility index (Phi) is 5.63. The molecule has 150 valence electrons. The number of benzene rings is 2. The van der Waals surface area contributed by atoms with Crippen molar-refractivity contribution in [2.24, 2.45) is 5.41 Å². The number of amides is 1. The summed E-state index contributed by atoms with van der Waals surface area (Å²) >= 11 is 0. The molecule has 0 atom stereocenters. The van der Waals surface area contributed by atoms with Crippen molar-refractivity contribution in [1.82, 2.24) is 9.88 Å². The van der Waals surface area contributed by atoms with E-state index in [-0.39, 0.29) is 5.91 Å². The number of likely N-dealkylation sites (tertiary alicyclic amines) is 1. The first-order valence-electron chi connectivity index (χ1n) is 10.5. The van der Waals surface area contributed by atoms with Gasteiger partial charge in [-0.1, -0.05) is 48.5 Å². The Morgan fingerprint density at radius 2 is 1.76 bits per heavy atom. The molecule has 3 aromatic rings. The number of rotatable bonds is 5. The SMILES string of the molecule is CC(C)(CN1CCC(c2ccccc2)CC1)C(=O)Nc1cccc2cccnc12. The number of fused-ring (bicyclic) bond motifs is 1. The van der Waals surface area contributed by atoms with E-state index in [9.17, 15) is 4.79 Å². The number of aromatic nitrogens is 1. The van der Waals surface area contributed by atoms with Gasteiger partial charge in [0.15, 0.2) is 0 Å². The highest BCUT2D eigenvalue weighted by molar-refractivity contribution is 6.02. The maximum Gasteiger partial charge on any atom is 0.231 e. The van der Waals surface area contributed by atoms with Crippen LogP contribution < -0.4 is 5.32 Å². The molecular formula is C25H29N3O. The Labute approximate surface area is 173 Å². The number of carbonyl (C=O) groups excluding carboxylic acids is 1. The third-order valence-corrected chi connectivity index (χ3v) is 5.97. The van der Waals surface area contributed by atoms with Crippen molar-refractivity contribution in [2.45, 2.75) is 32.6 Å². The van der Waals surface area contributed by atoms with Gasteiger partial charge in [0.25, 0.3) is 0 Å². The van der Waals surface area contributed by atoms with Crippen LogP contribution in [0, 0.1) is 5.41 Å². The second-order valence-electron chi connectivity index (χ2n) is 8.68. The fourth-order valence-corrected chi connectivity index (χ4v) is 4.28. The molecule has 4 heteroatoms. The molecule has 0 unspecified atom stereocenters. The van der Waals surface area contributed by atoms with E-state index in [1.807, 2.05) is 44.2 Å². The van der Waals surface area contributed by atoms with Crippen molar-refractivity contribution in [2.75, 3.05) is 25.0 Å². The molecule has 0 radical (unpaired) electrons. The molecule has 1 amide bonds. The van der Waals surface area contributed by atoms with Gasteiger partial charge in [-0.25, -0.2) is 0 Å². The largest absolute Gasteiger partial charge is 0.324 e. The Morgan fingerprint density at radius 3 is 2.52 bits per heavy atom. The predicted octanol–water partition coefficient (Wildman–Crippen LogP) is 5.08. The van der Waals surface area contributed by atoms with Crippen LogP contribution in [0.4, 0.5) is 5.69 Å². The average molecular weight is 388 g/mol. The molecule has 0 spiro atoms. The summed E-state index contributed by atoms with van der Waals surface area (Å²) < 4.78 is 0. The van der Waals surface area contributed by atoms with E-state index >= 15 is 0 Å². The summed E-state index contributed by atoms with van der Waals surface area (Å²) in [5, 5.41) is 4.15. The summed E-state index contributed by atoms with van der Waals surface area (Å²) in [6.45, 7) is 6.89. The van der Waals surface area contributed by atoms with E-state index in [1.165, 1.54) is 5.56 Å². The zero-order valence-corrected chi connectivity index (χ0v) is 17.3. The van der Waals surface area contributed by atoms with Gasteiger partial charge in [0.2, 0.25) is 5.91 Å². The fraction of sp³-hybridized carbons (Fsp3) is 0.360. The molecule has 29 heavy (non-hydrogen) atoms. The molecular weight excluding hydrogens is 358 g/mol. The number of piperidine rings is 1. The molecule has 4 rings (SSSR count). The molecule has 1 aliphatic rings. The number of hydrogen-bond donors (Lipinski definition) is 1. The van der Waals surface area contributed by atoms with Gasteiger partial charge < -0.3 is 10.2 Å². The molecule has 1 aromatic heterocycles. The minimum atomic E-state index is -0.476. The van der Waals surface area contributed by atoms with E-state index in [2.05, 4.69) is 45.5 Å². The highest BCUT2D eigenvalue weighted by Gasteiger charge is 2.32. The molecule has 1 saturated heterocycles. The lowest BCUT2D eigenvalue weighted by atomic mass is 9.86. The normalized spacial score (nSPS) is 16.1. The fourth-order valence-electron chi connectivity index (χ4n) is 4.28. The van der Waals surface area contributed by atoms with Gasteiger partial charge in [-0.05, 0) is 63.4 Å². The zero-order valence-electron chi connectivity index (χ0n) is 17.3. The second kappa shape index (κ2) is 8.34. The van der Waals surface area contributed by atoms with E-state index < -0.39 is 5.41 Å². The average Bonchev–Trinajstić information content (AvgIpc) is 2.75. The van der Waals surface area contributed by atoms with Gasteiger partial charge in [0.1, 0.15) is 0 Å². The van der Waals surface area contributed by atoms with Crippen molar-refractivity contribution in [3.05, 3.63) is 72.4 Å². The van der Waals surface area contributed by atoms with E-state index in [0.717, 1.165) is 49.1 Å². The lowest BCUT2D eigenvalue weighted by Crippen LogP contribution is -2.44. The number of pyridine rings is 1. The lowest BCUT2D eigenvalue weighted by Gasteiger charge is -2.37. The molecule has 1 N–H and O–H groups in total. The highest BCUT2D eigenvalue weighted by atomic mass is 16.2. The van der Waals surface area contributed by atoms with E-state index in [0.29, 0.717) is 5.92 Å². The molecule has 0 aliphatic carbocycles. The second-order valence-corrected chi connectivity index (χ2v) is 8.68. The summed E-state index contributed by atoms with van der Waals surface area (Å²) in [5.74, 6) is 0.673. The van der Waals surface area contributed by atoms with Crippen LogP contribution in [0.1, 0.15) is 38.2 Å². The standard InChI is InChI=1S/C25H29N3O/c1-25(2,18-28-16-13-20(14-17-28)19-8-4-3-5-9-19)24(29)27-22-12-6-10-21-11-7-15-26-23(21)22/h3-12,15,20H,13-14,16-18H2,1-2H3,(H,27,29). The van der Waals surface area contributed by atoms with Crippen molar-refractivity contribution >= 4 is 22.5 Å². The monoisotopic (exact) mass is 387 g/mol. The summed E-state index contributed by atoms with van der Waals surface area (Å²) in [6.07, 6.45) is 4.06. The number of hydrogen-bond acceptors (Lipinski definition) is 3. The lowest BCUT2D eigenvalue weighted by molar-refractivity contribution is -0.125. The Morgan fingerprint density at radius 1 is 1.03 bits per heavy atom. The number of anilines is 1. The van der Waals surface area contributed by atoms with Crippen LogP contribution in [-0.2, 0) is 4.79 Å². The van der Waals surface area contributed by atoms with Crippen LogP contribution >= 0.6 is 0 Å². The molecule has 2 heterocycles. The Balaban J connectivity index is 1.38. The van der Waals surface area contributed by atoms with Crippen LogP contribution in [0.2, 0.25) is 0 Å². The van der Waals surface area contributed by atoms with Gasteiger partial charge in [-0.2, -0.15) is 0 Å². The minimum Gasteiger partial charge on any atom is -0.324 e. The van der Waals surface area contributed by atoms with Crippen molar-refractivity contribution in [3.63, 3.8) is 0 Å². The van der Waals surface area contributed by atoms with Crippen molar-refractivity contribution in [1.29, 1.82) is 0 Å². The molecule has 1 aliphatic heterocycles. The number of para-hydroxylation sites is 1. The quantitative estimate of drug-likeness (QED) is 0.664. The van der Waals surface area contributed by atoms with Crippen LogP contribution in [0.5, 0.6) is 0 Å². The summed E-state index contributed by atoms with van der Waals surface area (Å²) in [4.78, 5) is 19.9. The number of carbonyl (C=O) groups is 1.